The summed E-state index contributed by atoms with van der Waals surface area (Å²) in [5.74, 6) is -0.0185. The first kappa shape index (κ1) is 21.8. The summed E-state index contributed by atoms with van der Waals surface area (Å²) in [6.45, 7) is 6.28. The quantitative estimate of drug-likeness (QED) is 0.608. The number of hydrogen-bond donors (Lipinski definition) is 2. The zero-order valence-corrected chi connectivity index (χ0v) is 18.8. The Morgan fingerprint density at radius 2 is 1.88 bits per heavy atom. The molecule has 33 heavy (non-hydrogen) atoms. The van der Waals surface area contributed by atoms with E-state index in [4.69, 9.17) is 4.74 Å². The van der Waals surface area contributed by atoms with Gasteiger partial charge >= 0.3 is 0 Å². The summed E-state index contributed by atoms with van der Waals surface area (Å²) in [5, 5.41) is 7.45. The monoisotopic (exact) mass is 446 g/mol. The smallest absolute Gasteiger partial charge is 0.251 e. The highest BCUT2D eigenvalue weighted by molar-refractivity contribution is 6.02. The summed E-state index contributed by atoms with van der Waals surface area (Å²) in [5.41, 5.74) is 4.71. The molecule has 5 rings (SSSR count). The molecule has 0 spiro atoms. The van der Waals surface area contributed by atoms with E-state index in [0.717, 1.165) is 68.0 Å². The summed E-state index contributed by atoms with van der Waals surface area (Å²) in [4.78, 5) is 28.5. The van der Waals surface area contributed by atoms with Crippen molar-refractivity contribution < 1.29 is 14.3 Å². The predicted molar refractivity (Wildman–Crippen MR) is 128 cm³/mol. The van der Waals surface area contributed by atoms with Crippen LogP contribution in [0.4, 0.5) is 0 Å². The van der Waals surface area contributed by atoms with E-state index in [1.165, 1.54) is 5.56 Å². The Balaban J connectivity index is 1.37. The number of nitrogens with zero attached hydrogens (tertiary/aromatic N) is 2. The van der Waals surface area contributed by atoms with Crippen LogP contribution in [0.5, 0.6) is 0 Å². The Hall–Kier alpha value is -3.00. The zero-order valence-electron chi connectivity index (χ0n) is 18.8. The van der Waals surface area contributed by atoms with Gasteiger partial charge in [-0.15, -0.1) is 0 Å². The van der Waals surface area contributed by atoms with Crippen molar-refractivity contribution in [3.63, 3.8) is 0 Å². The number of hydrogen-bond acceptors (Lipinski definition) is 5. The third-order valence-corrected chi connectivity index (χ3v) is 6.55. The lowest BCUT2D eigenvalue weighted by Crippen LogP contribution is -2.41. The molecule has 1 saturated heterocycles. The fraction of sp³-hybridized carbons (Fsp3) is 0.385. The number of nitrogens with one attached hydrogen (secondary N) is 2. The van der Waals surface area contributed by atoms with Crippen molar-refractivity contribution in [1.29, 1.82) is 0 Å². The van der Waals surface area contributed by atoms with E-state index in [0.29, 0.717) is 25.1 Å². The maximum absolute atomic E-state index is 13.3. The molecule has 172 valence electrons. The Bertz CT molecular complexity index is 1150. The van der Waals surface area contributed by atoms with Crippen LogP contribution in [0, 0.1) is 0 Å². The molecule has 1 amide bonds. The van der Waals surface area contributed by atoms with E-state index < -0.39 is 0 Å². The Labute approximate surface area is 193 Å². The Kier molecular flexibility index (Phi) is 6.53. The summed E-state index contributed by atoms with van der Waals surface area (Å²) in [7, 11) is 0. The normalized spacial score (nSPS) is 16.5. The average molecular weight is 447 g/mol. The minimum atomic E-state index is -0.0730. The number of ether oxygens (including phenoxy) is 1. The van der Waals surface area contributed by atoms with Crippen LogP contribution in [0.3, 0.4) is 0 Å². The number of benzene rings is 2. The van der Waals surface area contributed by atoms with E-state index in [1.54, 1.807) is 0 Å². The number of rotatable bonds is 6. The molecule has 7 nitrogen and oxygen atoms in total. The molecule has 0 unspecified atom stereocenters. The van der Waals surface area contributed by atoms with Gasteiger partial charge in [0.25, 0.3) is 5.91 Å². The molecule has 0 radical (unpaired) electrons. The molecule has 1 aromatic heterocycles. The first-order chi connectivity index (χ1) is 16.2. The Morgan fingerprint density at radius 1 is 1.06 bits per heavy atom. The van der Waals surface area contributed by atoms with Gasteiger partial charge in [0.1, 0.15) is 0 Å². The molecule has 0 saturated carbocycles. The van der Waals surface area contributed by atoms with Crippen LogP contribution < -0.4 is 10.6 Å². The predicted octanol–water partition coefficient (Wildman–Crippen LogP) is 2.23. The van der Waals surface area contributed by atoms with Crippen LogP contribution in [0.2, 0.25) is 0 Å². The van der Waals surface area contributed by atoms with Gasteiger partial charge in [-0.2, -0.15) is 0 Å². The summed E-state index contributed by atoms with van der Waals surface area (Å²) < 4.78 is 7.23. The molecule has 7 heteroatoms. The topological polar surface area (TPSA) is 75.6 Å². The third-order valence-electron chi connectivity index (χ3n) is 6.55. The number of aromatic nitrogens is 1. The van der Waals surface area contributed by atoms with Gasteiger partial charge in [0.2, 0.25) is 5.91 Å². The van der Waals surface area contributed by atoms with E-state index >= 15 is 0 Å². The fourth-order valence-electron chi connectivity index (χ4n) is 4.82. The average Bonchev–Trinajstić information content (AvgIpc) is 3.19. The lowest BCUT2D eigenvalue weighted by atomic mass is 10.0. The lowest BCUT2D eigenvalue weighted by Gasteiger charge is -2.26. The van der Waals surface area contributed by atoms with Gasteiger partial charge in [0.05, 0.1) is 25.2 Å². The molecule has 0 aliphatic carbocycles. The van der Waals surface area contributed by atoms with Gasteiger partial charge in [-0.05, 0) is 42.3 Å². The molecule has 3 heterocycles. The van der Waals surface area contributed by atoms with Crippen LogP contribution in [0.1, 0.15) is 32.0 Å². The van der Waals surface area contributed by atoms with E-state index in [1.807, 2.05) is 53.1 Å². The molecule has 2 N–H and O–H groups in total. The first-order valence-electron chi connectivity index (χ1n) is 11.7. The SMILES string of the molecule is O=C(NCCN1CCOCC1)c1ccc2c(c1)c1c(n2C(=O)Cc2ccccc2)CNCC1. The number of morpholine rings is 1. The highest BCUT2D eigenvalue weighted by Crippen LogP contribution is 2.30. The molecule has 3 aromatic rings. The highest BCUT2D eigenvalue weighted by Gasteiger charge is 2.24. The van der Waals surface area contributed by atoms with Crippen molar-refractivity contribution in [3.8, 4) is 0 Å². The summed E-state index contributed by atoms with van der Waals surface area (Å²) >= 11 is 0. The van der Waals surface area contributed by atoms with Gasteiger partial charge in [0.15, 0.2) is 0 Å². The van der Waals surface area contributed by atoms with E-state index in [2.05, 4.69) is 15.5 Å². The second kappa shape index (κ2) is 9.87. The van der Waals surface area contributed by atoms with Crippen molar-refractivity contribution in [3.05, 3.63) is 70.9 Å². The van der Waals surface area contributed by atoms with Gasteiger partial charge in [-0.25, -0.2) is 0 Å². The van der Waals surface area contributed by atoms with Gasteiger partial charge in [0, 0.05) is 49.4 Å². The summed E-state index contributed by atoms with van der Waals surface area (Å²) in [6, 6.07) is 15.5. The Morgan fingerprint density at radius 3 is 2.70 bits per heavy atom. The molecule has 0 bridgehead atoms. The molecule has 2 aliphatic heterocycles. The van der Waals surface area contributed by atoms with Crippen LogP contribution in [0.15, 0.2) is 48.5 Å². The number of amides is 1. The van der Waals surface area contributed by atoms with E-state index in [-0.39, 0.29) is 11.8 Å². The van der Waals surface area contributed by atoms with Crippen molar-refractivity contribution in [2.45, 2.75) is 19.4 Å². The van der Waals surface area contributed by atoms with Gasteiger partial charge in [-0.1, -0.05) is 30.3 Å². The lowest BCUT2D eigenvalue weighted by molar-refractivity contribution is 0.0383. The number of fused-ring (bicyclic) bond motifs is 3. The van der Waals surface area contributed by atoms with E-state index in [9.17, 15) is 9.59 Å². The van der Waals surface area contributed by atoms with Crippen molar-refractivity contribution in [2.75, 3.05) is 45.9 Å². The second-order valence-corrected chi connectivity index (χ2v) is 8.69. The molecular weight excluding hydrogens is 416 g/mol. The maximum Gasteiger partial charge on any atom is 0.251 e. The molecular formula is C26H30N4O3. The second-order valence-electron chi connectivity index (χ2n) is 8.69. The number of carbonyl (C=O) groups excluding carboxylic acids is 2. The first-order valence-corrected chi connectivity index (χ1v) is 11.7. The van der Waals surface area contributed by atoms with Crippen molar-refractivity contribution in [2.24, 2.45) is 0 Å². The molecule has 2 aliphatic rings. The molecule has 2 aromatic carbocycles. The minimum absolute atomic E-state index is 0.0545. The number of carbonyl (C=O) groups is 2. The third kappa shape index (κ3) is 4.71. The largest absolute Gasteiger partial charge is 0.379 e. The van der Waals surface area contributed by atoms with Crippen LogP contribution >= 0.6 is 0 Å². The standard InChI is InChI=1S/C26H30N4O3/c31-25(16-19-4-2-1-3-5-19)30-23-7-6-20(17-22(23)21-8-9-27-18-24(21)30)26(32)28-10-11-29-12-14-33-15-13-29/h1-7,17,27H,8-16,18H2,(H,28,32). The van der Waals surface area contributed by atoms with Crippen LogP contribution in [-0.2, 0) is 24.1 Å². The fourth-order valence-corrected chi connectivity index (χ4v) is 4.82. The maximum atomic E-state index is 13.3. The minimum Gasteiger partial charge on any atom is -0.379 e. The summed E-state index contributed by atoms with van der Waals surface area (Å²) in [6.07, 6.45) is 1.19. The zero-order chi connectivity index (χ0) is 22.6. The molecule has 1 fully saturated rings. The highest BCUT2D eigenvalue weighted by atomic mass is 16.5. The van der Waals surface area contributed by atoms with Crippen LogP contribution in [0.25, 0.3) is 10.9 Å². The molecule has 0 atom stereocenters. The van der Waals surface area contributed by atoms with Crippen LogP contribution in [-0.4, -0.2) is 67.2 Å². The van der Waals surface area contributed by atoms with Crippen molar-refractivity contribution in [1.82, 2.24) is 20.1 Å². The van der Waals surface area contributed by atoms with Crippen molar-refractivity contribution >= 4 is 22.7 Å². The van der Waals surface area contributed by atoms with Gasteiger partial charge in [-0.3, -0.25) is 19.1 Å². The van der Waals surface area contributed by atoms with Gasteiger partial charge < -0.3 is 15.4 Å².